The number of piperazine rings is 1. The van der Waals surface area contributed by atoms with E-state index in [1.165, 1.54) is 6.20 Å². The number of hydrogen-bond acceptors (Lipinski definition) is 9. The number of carbonyl (C=O) groups is 2. The summed E-state index contributed by atoms with van der Waals surface area (Å²) in [6.07, 6.45) is -1.07. The third-order valence-electron chi connectivity index (χ3n) is 6.39. The molecule has 1 fully saturated rings. The Bertz CT molecular complexity index is 1520. The summed E-state index contributed by atoms with van der Waals surface area (Å²) in [6.45, 7) is 3.76. The van der Waals surface area contributed by atoms with Crippen molar-refractivity contribution in [2.45, 2.75) is 43.6 Å². The Balaban J connectivity index is 1.58. The summed E-state index contributed by atoms with van der Waals surface area (Å²) in [7, 11) is -4.36. The molecule has 12 nitrogen and oxygen atoms in total. The molecule has 4 rings (SSSR count). The summed E-state index contributed by atoms with van der Waals surface area (Å²) in [5, 5.41) is 11.8. The lowest BCUT2D eigenvalue weighted by Crippen LogP contribution is -2.60. The van der Waals surface area contributed by atoms with Crippen LogP contribution in [-0.2, 0) is 21.4 Å². The van der Waals surface area contributed by atoms with Gasteiger partial charge in [0.25, 0.3) is 0 Å². The quantitative estimate of drug-likeness (QED) is 0.371. The van der Waals surface area contributed by atoms with Crippen molar-refractivity contribution in [1.82, 2.24) is 24.6 Å². The first-order valence-electron chi connectivity index (χ1n) is 12.6. The molecule has 1 aromatic carbocycles. The number of rotatable bonds is 9. The molecule has 16 heteroatoms. The van der Waals surface area contributed by atoms with E-state index in [2.05, 4.69) is 25.0 Å². The number of aromatic carboxylic acids is 1. The molecule has 224 valence electrons. The van der Waals surface area contributed by atoms with Gasteiger partial charge >= 0.3 is 12.3 Å². The number of pyridine rings is 1. The maximum Gasteiger partial charge on any atom is 0.573 e. The van der Waals surface area contributed by atoms with Crippen LogP contribution in [0.5, 0.6) is 5.75 Å². The van der Waals surface area contributed by atoms with Gasteiger partial charge in [-0.3, -0.25) is 9.78 Å². The van der Waals surface area contributed by atoms with Gasteiger partial charge in [-0.05, 0) is 41.8 Å². The molecule has 2 N–H and O–H groups in total. The third-order valence-corrected chi connectivity index (χ3v) is 8.31. The zero-order valence-electron chi connectivity index (χ0n) is 22.4. The molecule has 42 heavy (non-hydrogen) atoms. The summed E-state index contributed by atoms with van der Waals surface area (Å²) < 4.78 is 69.7. The smallest absolute Gasteiger partial charge is 0.476 e. The minimum absolute atomic E-state index is 0.0607. The zero-order chi connectivity index (χ0) is 30.7. The second-order valence-electron chi connectivity index (χ2n) is 9.63. The summed E-state index contributed by atoms with van der Waals surface area (Å²) >= 11 is 0. The topological polar surface area (TPSA) is 155 Å². The molecule has 3 heterocycles. The molecular weight excluding hydrogens is 581 g/mol. The van der Waals surface area contributed by atoms with E-state index >= 15 is 0 Å². The van der Waals surface area contributed by atoms with E-state index in [1.807, 2.05) is 19.9 Å². The van der Waals surface area contributed by atoms with Crippen molar-refractivity contribution < 1.29 is 41.0 Å². The van der Waals surface area contributed by atoms with Gasteiger partial charge in [-0.15, -0.1) is 13.2 Å². The Labute approximate surface area is 239 Å². The lowest BCUT2D eigenvalue weighted by molar-refractivity contribution is -0.274. The molecule has 1 amide bonds. The van der Waals surface area contributed by atoms with E-state index in [-0.39, 0.29) is 48.5 Å². The number of carbonyl (C=O) groups excluding carboxylic acids is 1. The van der Waals surface area contributed by atoms with Crippen LogP contribution < -0.4 is 15.0 Å². The van der Waals surface area contributed by atoms with Crippen molar-refractivity contribution in [1.29, 1.82) is 0 Å². The number of carboxylic acids is 1. The molecular formula is C26H27F3N6O6S. The predicted molar refractivity (Wildman–Crippen MR) is 142 cm³/mol. The van der Waals surface area contributed by atoms with Crippen molar-refractivity contribution in [3.8, 4) is 5.75 Å². The minimum Gasteiger partial charge on any atom is -0.476 e. The SMILES string of the molecule is CC(C)c1ccc(CNC(=O)[C@H]2CN(c3cnc(C(=O)O)cn3)CCN2S(=O)(=O)c2ccc(OC(F)(F)F)cc2)cn1. The first kappa shape index (κ1) is 30.6. The Kier molecular flexibility index (Phi) is 8.96. The van der Waals surface area contributed by atoms with Gasteiger partial charge in [0.15, 0.2) is 5.69 Å². The van der Waals surface area contributed by atoms with E-state index in [9.17, 15) is 31.2 Å². The van der Waals surface area contributed by atoms with Gasteiger partial charge in [-0.1, -0.05) is 19.9 Å². The first-order valence-corrected chi connectivity index (χ1v) is 14.1. The second kappa shape index (κ2) is 12.3. The van der Waals surface area contributed by atoms with Crippen LogP contribution in [0.3, 0.4) is 0 Å². The van der Waals surface area contributed by atoms with Gasteiger partial charge in [0, 0.05) is 38.1 Å². The van der Waals surface area contributed by atoms with E-state index in [1.54, 1.807) is 17.2 Å². The molecule has 1 aliphatic heterocycles. The van der Waals surface area contributed by atoms with E-state index < -0.39 is 40.1 Å². The number of hydrogen-bond donors (Lipinski definition) is 2. The highest BCUT2D eigenvalue weighted by atomic mass is 32.2. The fraction of sp³-hybridized carbons (Fsp3) is 0.346. The standard InChI is InChI=1S/C26H27F3N6O6S/c1-16(2)20-8-3-17(11-30-20)12-33-24(36)22-15-34(23-14-31-21(13-32-23)25(37)38)9-10-35(22)42(39,40)19-6-4-18(5-7-19)41-26(27,28)29/h3-8,11,13-14,16,22H,9-10,12,15H2,1-2H3,(H,33,36)(H,37,38)/t22-/m1/s1. The number of carboxylic acid groups (broad SMARTS) is 1. The van der Waals surface area contributed by atoms with Crippen LogP contribution in [0.1, 0.15) is 41.5 Å². The normalized spacial score (nSPS) is 16.3. The molecule has 0 bridgehead atoms. The zero-order valence-corrected chi connectivity index (χ0v) is 23.3. The van der Waals surface area contributed by atoms with E-state index in [0.29, 0.717) is 5.56 Å². The molecule has 0 aliphatic carbocycles. The molecule has 0 unspecified atom stereocenters. The number of benzene rings is 1. The average molecular weight is 609 g/mol. The Hall–Kier alpha value is -4.31. The van der Waals surface area contributed by atoms with Gasteiger partial charge < -0.3 is 20.1 Å². The highest BCUT2D eigenvalue weighted by Crippen LogP contribution is 2.28. The van der Waals surface area contributed by atoms with Gasteiger partial charge in [0.05, 0.1) is 17.3 Å². The molecule has 1 atom stereocenters. The Morgan fingerprint density at radius 3 is 2.31 bits per heavy atom. The van der Waals surface area contributed by atoms with Crippen molar-refractivity contribution in [3.63, 3.8) is 0 Å². The summed E-state index contributed by atoms with van der Waals surface area (Å²) in [6, 6.07) is 6.04. The minimum atomic E-state index is -4.95. The number of alkyl halides is 3. The van der Waals surface area contributed by atoms with Gasteiger partial charge in [0.2, 0.25) is 15.9 Å². The van der Waals surface area contributed by atoms with E-state index in [4.69, 9.17) is 5.11 Å². The van der Waals surface area contributed by atoms with E-state index in [0.717, 1.165) is 40.5 Å². The van der Waals surface area contributed by atoms with Crippen molar-refractivity contribution in [2.24, 2.45) is 0 Å². The maximum absolute atomic E-state index is 13.6. The van der Waals surface area contributed by atoms with Crippen LogP contribution in [0, 0.1) is 0 Å². The highest BCUT2D eigenvalue weighted by Gasteiger charge is 2.41. The van der Waals surface area contributed by atoms with Crippen LogP contribution in [0.4, 0.5) is 19.0 Å². The number of ether oxygens (including phenoxy) is 1. The largest absolute Gasteiger partial charge is 0.573 e. The summed E-state index contributed by atoms with van der Waals surface area (Å²) in [5.41, 5.74) is 1.27. The fourth-order valence-corrected chi connectivity index (χ4v) is 5.78. The number of aromatic nitrogens is 3. The number of sulfonamides is 1. The highest BCUT2D eigenvalue weighted by molar-refractivity contribution is 7.89. The summed E-state index contributed by atoms with van der Waals surface area (Å²) in [5.74, 6) is -2.06. The molecule has 1 saturated heterocycles. The molecule has 0 spiro atoms. The van der Waals surface area contributed by atoms with Gasteiger partial charge in [-0.2, -0.15) is 4.31 Å². The van der Waals surface area contributed by atoms with Crippen LogP contribution >= 0.6 is 0 Å². The van der Waals surface area contributed by atoms with Crippen molar-refractivity contribution in [3.05, 3.63) is 71.9 Å². The number of amides is 1. The van der Waals surface area contributed by atoms with Crippen LogP contribution in [0.15, 0.2) is 59.9 Å². The Morgan fingerprint density at radius 2 is 1.76 bits per heavy atom. The number of nitrogens with zero attached hydrogens (tertiary/aromatic N) is 5. The van der Waals surface area contributed by atoms with Crippen LogP contribution in [0.2, 0.25) is 0 Å². The van der Waals surface area contributed by atoms with Gasteiger partial charge in [0.1, 0.15) is 17.6 Å². The lowest BCUT2D eigenvalue weighted by Gasteiger charge is -2.40. The van der Waals surface area contributed by atoms with Gasteiger partial charge in [-0.25, -0.2) is 23.2 Å². The summed E-state index contributed by atoms with van der Waals surface area (Å²) in [4.78, 5) is 38.1. The lowest BCUT2D eigenvalue weighted by atomic mass is 10.1. The number of nitrogens with one attached hydrogen (secondary N) is 1. The number of anilines is 1. The molecule has 0 saturated carbocycles. The maximum atomic E-state index is 13.6. The fourth-order valence-electron chi connectivity index (χ4n) is 4.21. The average Bonchev–Trinajstić information content (AvgIpc) is 2.95. The van der Waals surface area contributed by atoms with Crippen LogP contribution in [-0.4, -0.2) is 76.7 Å². The molecule has 3 aromatic rings. The van der Waals surface area contributed by atoms with Crippen molar-refractivity contribution >= 4 is 27.7 Å². The second-order valence-corrected chi connectivity index (χ2v) is 11.5. The monoisotopic (exact) mass is 608 g/mol. The van der Waals surface area contributed by atoms with Crippen molar-refractivity contribution in [2.75, 3.05) is 24.5 Å². The third kappa shape index (κ3) is 7.30. The molecule has 0 radical (unpaired) electrons. The predicted octanol–water partition coefficient (Wildman–Crippen LogP) is 2.79. The molecule has 1 aliphatic rings. The first-order chi connectivity index (χ1) is 19.7. The Morgan fingerprint density at radius 1 is 1.05 bits per heavy atom. The number of halogens is 3. The molecule has 2 aromatic heterocycles. The van der Waals surface area contributed by atoms with Crippen LogP contribution in [0.25, 0.3) is 0 Å².